The molecule has 2 N–H and O–H groups in total. The van der Waals surface area contributed by atoms with Gasteiger partial charge in [-0.1, -0.05) is 0 Å². The number of Topliss-reactive ketones (excluding diaryl/α,β-unsaturated/α-hetero) is 1. The minimum Gasteiger partial charge on any atom is -0.324 e. The van der Waals surface area contributed by atoms with Crippen molar-refractivity contribution in [2.45, 2.75) is 18.8 Å². The van der Waals surface area contributed by atoms with Gasteiger partial charge in [-0.3, -0.25) is 9.36 Å². The van der Waals surface area contributed by atoms with Crippen molar-refractivity contribution in [3.05, 3.63) is 0 Å². The quantitative estimate of drug-likeness (QED) is 0.680. The molecular formula is C6H9F2O4P. The molecule has 0 amide bonds. The van der Waals surface area contributed by atoms with E-state index < -0.39 is 44.2 Å². The summed E-state index contributed by atoms with van der Waals surface area (Å²) in [5.74, 6) is -4.46. The molecule has 0 atom stereocenters. The summed E-state index contributed by atoms with van der Waals surface area (Å²) in [5, 5.41) is 0. The third kappa shape index (κ3) is 3.14. The number of hydrogen-bond acceptors (Lipinski definition) is 2. The molecule has 1 aliphatic rings. The zero-order valence-corrected chi connectivity index (χ0v) is 7.51. The Bertz CT molecular complexity index is 264. The highest BCUT2D eigenvalue weighted by Gasteiger charge is 2.49. The average Bonchev–Trinajstić information content (AvgIpc) is 1.77. The van der Waals surface area contributed by atoms with Crippen molar-refractivity contribution in [3.8, 4) is 0 Å². The maximum Gasteiger partial charge on any atom is 0.332 e. The number of hydrogen-bond donors (Lipinski definition) is 2. The number of carbonyl (C=O) groups excluding carboxylic acids is 1. The molecule has 0 aromatic heterocycles. The zero-order chi connectivity index (χ0) is 10.3. The summed E-state index contributed by atoms with van der Waals surface area (Å²) in [6, 6.07) is 0. The van der Waals surface area contributed by atoms with E-state index in [0.717, 1.165) is 0 Å². The van der Waals surface area contributed by atoms with Gasteiger partial charge < -0.3 is 9.79 Å². The second kappa shape index (κ2) is 3.12. The van der Waals surface area contributed by atoms with Crippen molar-refractivity contribution < 1.29 is 27.9 Å². The number of halogens is 2. The van der Waals surface area contributed by atoms with Crippen LogP contribution in [0.5, 0.6) is 0 Å². The molecule has 0 aliphatic heterocycles. The van der Waals surface area contributed by atoms with Crippen molar-refractivity contribution >= 4 is 13.4 Å². The first kappa shape index (κ1) is 10.8. The predicted octanol–water partition coefficient (Wildman–Crippen LogP) is 0.778. The molecule has 0 radical (unpaired) electrons. The normalized spacial score (nSPS) is 22.5. The number of alkyl halides is 2. The Morgan fingerprint density at radius 3 is 2.23 bits per heavy atom. The molecule has 7 heteroatoms. The summed E-state index contributed by atoms with van der Waals surface area (Å²) in [7, 11) is -4.39. The summed E-state index contributed by atoms with van der Waals surface area (Å²) >= 11 is 0. The van der Waals surface area contributed by atoms with Crippen LogP contribution >= 0.6 is 7.60 Å². The highest BCUT2D eigenvalue weighted by Crippen LogP contribution is 2.45. The largest absolute Gasteiger partial charge is 0.332 e. The standard InChI is InChI=1S/C6H9F2O4P/c7-6(8)1-4(2-6)5(9)3-13(10,11)12/h4H,1-3H2,(H2,10,11,12). The smallest absolute Gasteiger partial charge is 0.324 e. The van der Waals surface area contributed by atoms with Gasteiger partial charge in [-0.15, -0.1) is 0 Å². The lowest BCUT2D eigenvalue weighted by molar-refractivity contribution is -0.146. The topological polar surface area (TPSA) is 74.6 Å². The van der Waals surface area contributed by atoms with Crippen molar-refractivity contribution in [1.29, 1.82) is 0 Å². The molecule has 0 aromatic carbocycles. The van der Waals surface area contributed by atoms with E-state index in [-0.39, 0.29) is 0 Å². The SMILES string of the molecule is O=C(CP(=O)(O)O)C1CC(F)(F)C1. The zero-order valence-electron chi connectivity index (χ0n) is 6.61. The lowest BCUT2D eigenvalue weighted by Crippen LogP contribution is -2.40. The first-order valence-electron chi connectivity index (χ1n) is 3.65. The fraction of sp³-hybridized carbons (Fsp3) is 0.833. The van der Waals surface area contributed by atoms with Crippen LogP contribution in [-0.4, -0.2) is 27.7 Å². The van der Waals surface area contributed by atoms with Crippen LogP contribution in [0.2, 0.25) is 0 Å². The molecule has 13 heavy (non-hydrogen) atoms. The molecule has 1 aliphatic carbocycles. The van der Waals surface area contributed by atoms with Crippen LogP contribution in [0, 0.1) is 5.92 Å². The van der Waals surface area contributed by atoms with Gasteiger partial charge in [0.05, 0.1) is 0 Å². The van der Waals surface area contributed by atoms with E-state index in [1.807, 2.05) is 0 Å². The highest BCUT2D eigenvalue weighted by atomic mass is 31.2. The Labute approximate surface area is 73.1 Å². The van der Waals surface area contributed by atoms with Crippen LogP contribution < -0.4 is 0 Å². The van der Waals surface area contributed by atoms with Crippen LogP contribution in [0.15, 0.2) is 0 Å². The van der Waals surface area contributed by atoms with Gasteiger partial charge in [0, 0.05) is 18.8 Å². The summed E-state index contributed by atoms with van der Waals surface area (Å²) in [4.78, 5) is 27.7. The van der Waals surface area contributed by atoms with Gasteiger partial charge in [-0.2, -0.15) is 0 Å². The first-order valence-corrected chi connectivity index (χ1v) is 5.44. The maximum absolute atomic E-state index is 12.2. The fourth-order valence-corrected chi connectivity index (χ4v) is 1.89. The van der Waals surface area contributed by atoms with Gasteiger partial charge in [0.15, 0.2) is 0 Å². The van der Waals surface area contributed by atoms with E-state index in [1.54, 1.807) is 0 Å². The lowest BCUT2D eigenvalue weighted by atomic mass is 9.79. The maximum atomic E-state index is 12.2. The average molecular weight is 214 g/mol. The van der Waals surface area contributed by atoms with Gasteiger partial charge in [-0.05, 0) is 0 Å². The Morgan fingerprint density at radius 1 is 1.46 bits per heavy atom. The number of ketones is 1. The van der Waals surface area contributed by atoms with Crippen molar-refractivity contribution in [2.75, 3.05) is 6.16 Å². The second-order valence-electron chi connectivity index (χ2n) is 3.25. The Balaban J connectivity index is 2.41. The molecule has 1 saturated carbocycles. The molecule has 0 spiro atoms. The monoisotopic (exact) mass is 214 g/mol. The third-order valence-electron chi connectivity index (χ3n) is 1.91. The molecule has 76 valence electrons. The van der Waals surface area contributed by atoms with Crippen LogP contribution in [0.4, 0.5) is 8.78 Å². The van der Waals surface area contributed by atoms with E-state index >= 15 is 0 Å². The molecule has 1 fully saturated rings. The molecule has 4 nitrogen and oxygen atoms in total. The summed E-state index contributed by atoms with van der Waals surface area (Å²) < 4.78 is 34.8. The van der Waals surface area contributed by atoms with Crippen molar-refractivity contribution in [3.63, 3.8) is 0 Å². The third-order valence-corrected chi connectivity index (χ3v) is 2.63. The highest BCUT2D eigenvalue weighted by molar-refractivity contribution is 7.52. The van der Waals surface area contributed by atoms with Gasteiger partial charge >= 0.3 is 7.60 Å². The van der Waals surface area contributed by atoms with Crippen molar-refractivity contribution in [1.82, 2.24) is 0 Å². The fourth-order valence-electron chi connectivity index (χ4n) is 1.22. The number of rotatable bonds is 3. The van der Waals surface area contributed by atoms with Crippen LogP contribution in [-0.2, 0) is 9.36 Å². The minimum atomic E-state index is -4.39. The van der Waals surface area contributed by atoms with Gasteiger partial charge in [0.1, 0.15) is 11.9 Å². The summed E-state index contributed by atoms with van der Waals surface area (Å²) in [6.45, 7) is 0. The first-order chi connectivity index (χ1) is 5.70. The molecule has 0 aromatic rings. The Morgan fingerprint density at radius 2 is 1.92 bits per heavy atom. The van der Waals surface area contributed by atoms with Crippen LogP contribution in [0.1, 0.15) is 12.8 Å². The molecule has 1 rings (SSSR count). The van der Waals surface area contributed by atoms with E-state index in [2.05, 4.69) is 0 Å². The molecule has 0 saturated heterocycles. The van der Waals surface area contributed by atoms with Crippen molar-refractivity contribution in [2.24, 2.45) is 5.92 Å². The van der Waals surface area contributed by atoms with Gasteiger partial charge in [0.2, 0.25) is 5.92 Å². The van der Waals surface area contributed by atoms with Crippen LogP contribution in [0.3, 0.4) is 0 Å². The summed E-state index contributed by atoms with van der Waals surface area (Å²) in [5.41, 5.74) is 0. The minimum absolute atomic E-state index is 0.578. The molecule has 0 bridgehead atoms. The van der Waals surface area contributed by atoms with Crippen LogP contribution in [0.25, 0.3) is 0 Å². The Kier molecular flexibility index (Phi) is 2.58. The predicted molar refractivity (Wildman–Crippen MR) is 39.6 cm³/mol. The van der Waals surface area contributed by atoms with E-state index in [0.29, 0.717) is 0 Å². The second-order valence-corrected chi connectivity index (χ2v) is 4.90. The summed E-state index contributed by atoms with van der Waals surface area (Å²) in [6.07, 6.45) is -2.08. The van der Waals surface area contributed by atoms with Gasteiger partial charge in [0.25, 0.3) is 0 Å². The lowest BCUT2D eigenvalue weighted by Gasteiger charge is -2.33. The molecular weight excluding hydrogens is 205 g/mol. The number of carbonyl (C=O) groups is 1. The van der Waals surface area contributed by atoms with E-state index in [9.17, 15) is 18.1 Å². The Hall–Kier alpha value is -0.320. The van der Waals surface area contributed by atoms with E-state index in [4.69, 9.17) is 9.79 Å². The van der Waals surface area contributed by atoms with Gasteiger partial charge in [-0.25, -0.2) is 8.78 Å². The van der Waals surface area contributed by atoms with E-state index in [1.165, 1.54) is 0 Å². The molecule has 0 heterocycles. The molecule has 0 unspecified atom stereocenters.